The molecule has 11 heteroatoms. The van der Waals surface area contributed by atoms with Gasteiger partial charge in [-0.15, -0.1) is 0 Å². The van der Waals surface area contributed by atoms with Crippen LogP contribution in [0.5, 0.6) is 0 Å². The van der Waals surface area contributed by atoms with Crippen LogP contribution < -0.4 is 10.9 Å². The number of imidazole rings is 1. The molecule has 172 valence electrons. The topological polar surface area (TPSA) is 97.7 Å². The van der Waals surface area contributed by atoms with E-state index in [-0.39, 0.29) is 18.0 Å². The van der Waals surface area contributed by atoms with Crippen LogP contribution >= 0.6 is 24.0 Å². The highest BCUT2D eigenvalue weighted by Gasteiger charge is 2.33. The van der Waals surface area contributed by atoms with Crippen LogP contribution in [-0.4, -0.2) is 40.6 Å². The molecule has 0 bridgehead atoms. The van der Waals surface area contributed by atoms with Gasteiger partial charge in [-0.2, -0.15) is 0 Å². The zero-order chi connectivity index (χ0) is 23.5. The number of hydrogen-bond donors (Lipinski definition) is 1. The SMILES string of the molecule is O=C1/C(=C/c2c(NCCCn3ccnc3)nc3ccccn3c2=O)SC(=S)N1Cc1ccco1. The van der Waals surface area contributed by atoms with Gasteiger partial charge in [0.15, 0.2) is 0 Å². The fourth-order valence-corrected chi connectivity index (χ4v) is 4.82. The van der Waals surface area contributed by atoms with Crippen molar-refractivity contribution >= 4 is 51.7 Å². The lowest BCUT2D eigenvalue weighted by atomic mass is 10.2. The molecule has 34 heavy (non-hydrogen) atoms. The summed E-state index contributed by atoms with van der Waals surface area (Å²) in [4.78, 5) is 36.9. The van der Waals surface area contributed by atoms with Gasteiger partial charge in [0, 0.05) is 31.7 Å². The number of thioether (sulfide) groups is 1. The van der Waals surface area contributed by atoms with Crippen LogP contribution in [0.4, 0.5) is 5.82 Å². The number of nitrogens with zero attached hydrogens (tertiary/aromatic N) is 5. The second-order valence-corrected chi connectivity index (χ2v) is 9.21. The Kier molecular flexibility index (Phi) is 6.28. The van der Waals surface area contributed by atoms with Crippen molar-refractivity contribution in [1.82, 2.24) is 23.8 Å². The molecular weight excluding hydrogens is 472 g/mol. The van der Waals surface area contributed by atoms with Crippen LogP contribution in [0.1, 0.15) is 17.7 Å². The Hall–Kier alpha value is -3.70. The number of carbonyl (C=O) groups excluding carboxylic acids is 1. The summed E-state index contributed by atoms with van der Waals surface area (Å²) >= 11 is 6.58. The maximum atomic E-state index is 13.3. The van der Waals surface area contributed by atoms with Gasteiger partial charge < -0.3 is 14.3 Å². The molecule has 0 aromatic carbocycles. The summed E-state index contributed by atoms with van der Waals surface area (Å²) in [5.41, 5.74) is 0.566. The maximum absolute atomic E-state index is 13.3. The molecule has 5 rings (SSSR count). The molecule has 1 amide bonds. The summed E-state index contributed by atoms with van der Waals surface area (Å²) < 4.78 is 9.21. The van der Waals surface area contributed by atoms with Gasteiger partial charge >= 0.3 is 0 Å². The normalized spacial score (nSPS) is 15.1. The van der Waals surface area contributed by atoms with Gasteiger partial charge in [0.25, 0.3) is 11.5 Å². The fourth-order valence-electron chi connectivity index (χ4n) is 3.58. The quantitative estimate of drug-likeness (QED) is 0.227. The minimum atomic E-state index is -0.269. The first-order chi connectivity index (χ1) is 16.6. The van der Waals surface area contributed by atoms with E-state index < -0.39 is 0 Å². The molecule has 4 aromatic rings. The molecule has 0 atom stereocenters. The van der Waals surface area contributed by atoms with Crippen LogP contribution in [0.25, 0.3) is 11.7 Å². The molecular formula is C23H20N6O3S2. The van der Waals surface area contributed by atoms with Gasteiger partial charge in [0.1, 0.15) is 21.5 Å². The molecule has 0 spiro atoms. The second-order valence-electron chi connectivity index (χ2n) is 7.54. The number of aromatic nitrogens is 4. The van der Waals surface area contributed by atoms with E-state index in [0.29, 0.717) is 38.6 Å². The number of furan rings is 1. The third-order valence-corrected chi connectivity index (χ3v) is 6.63. The Labute approximate surface area is 204 Å². The Bertz CT molecular complexity index is 1430. The van der Waals surface area contributed by atoms with Crippen LogP contribution in [-0.2, 0) is 17.9 Å². The molecule has 0 radical (unpaired) electrons. The van der Waals surface area contributed by atoms with Crippen molar-refractivity contribution in [2.24, 2.45) is 0 Å². The monoisotopic (exact) mass is 492 g/mol. The molecule has 1 aliphatic rings. The van der Waals surface area contributed by atoms with Crippen molar-refractivity contribution in [2.45, 2.75) is 19.5 Å². The summed E-state index contributed by atoms with van der Waals surface area (Å²) in [6, 6.07) is 8.90. The Morgan fingerprint density at radius 3 is 2.88 bits per heavy atom. The number of amides is 1. The maximum Gasteiger partial charge on any atom is 0.267 e. The number of nitrogens with one attached hydrogen (secondary N) is 1. The number of carbonyl (C=O) groups is 1. The van der Waals surface area contributed by atoms with E-state index in [9.17, 15) is 9.59 Å². The average Bonchev–Trinajstić information content (AvgIpc) is 3.59. The number of hydrogen-bond acceptors (Lipinski definition) is 8. The second kappa shape index (κ2) is 9.65. The Morgan fingerprint density at radius 1 is 1.18 bits per heavy atom. The first-order valence-corrected chi connectivity index (χ1v) is 11.8. The van der Waals surface area contributed by atoms with E-state index in [1.807, 2.05) is 16.8 Å². The third-order valence-electron chi connectivity index (χ3n) is 5.26. The van der Waals surface area contributed by atoms with E-state index in [1.165, 1.54) is 9.30 Å². The highest BCUT2D eigenvalue weighted by Crippen LogP contribution is 2.34. The minimum absolute atomic E-state index is 0.239. The first kappa shape index (κ1) is 22.1. The fraction of sp³-hybridized carbons (Fsp3) is 0.174. The van der Waals surface area contributed by atoms with Gasteiger partial charge in [-0.25, -0.2) is 9.97 Å². The summed E-state index contributed by atoms with van der Waals surface area (Å²) in [5.74, 6) is 0.790. The van der Waals surface area contributed by atoms with E-state index in [4.69, 9.17) is 16.6 Å². The molecule has 0 saturated carbocycles. The van der Waals surface area contributed by atoms with Crippen LogP contribution in [0.15, 0.2) is 75.6 Å². The summed E-state index contributed by atoms with van der Waals surface area (Å²) in [5, 5.41) is 3.27. The largest absolute Gasteiger partial charge is 0.467 e. The van der Waals surface area contributed by atoms with Gasteiger partial charge in [-0.05, 0) is 36.8 Å². The van der Waals surface area contributed by atoms with Crippen molar-refractivity contribution < 1.29 is 9.21 Å². The highest BCUT2D eigenvalue weighted by molar-refractivity contribution is 8.26. The minimum Gasteiger partial charge on any atom is -0.467 e. The number of pyridine rings is 1. The molecule has 0 unspecified atom stereocenters. The number of anilines is 1. The molecule has 0 aliphatic carbocycles. The number of thiocarbonyl (C=S) groups is 1. The van der Waals surface area contributed by atoms with E-state index in [0.717, 1.165) is 24.7 Å². The van der Waals surface area contributed by atoms with Crippen molar-refractivity contribution in [3.05, 3.63) is 88.1 Å². The molecule has 9 nitrogen and oxygen atoms in total. The van der Waals surface area contributed by atoms with Crippen LogP contribution in [0.2, 0.25) is 0 Å². The van der Waals surface area contributed by atoms with Crippen molar-refractivity contribution in [2.75, 3.05) is 11.9 Å². The summed E-state index contributed by atoms with van der Waals surface area (Å²) in [6.07, 6.45) is 11.0. The smallest absolute Gasteiger partial charge is 0.267 e. The van der Waals surface area contributed by atoms with Crippen molar-refractivity contribution in [1.29, 1.82) is 0 Å². The van der Waals surface area contributed by atoms with Crippen LogP contribution in [0, 0.1) is 0 Å². The Balaban J connectivity index is 1.44. The summed E-state index contributed by atoms with van der Waals surface area (Å²) in [6.45, 7) is 1.61. The van der Waals surface area contributed by atoms with Crippen molar-refractivity contribution in [3.8, 4) is 0 Å². The number of fused-ring (bicyclic) bond motifs is 1. The van der Waals surface area contributed by atoms with E-state index >= 15 is 0 Å². The molecule has 1 saturated heterocycles. The molecule has 4 aromatic heterocycles. The predicted molar refractivity (Wildman–Crippen MR) is 134 cm³/mol. The lowest BCUT2D eigenvalue weighted by Crippen LogP contribution is -2.27. The van der Waals surface area contributed by atoms with Gasteiger partial charge in [-0.3, -0.25) is 18.9 Å². The van der Waals surface area contributed by atoms with Gasteiger partial charge in [0.2, 0.25) is 0 Å². The zero-order valence-corrected chi connectivity index (χ0v) is 19.6. The Morgan fingerprint density at radius 2 is 2.09 bits per heavy atom. The van der Waals surface area contributed by atoms with E-state index in [1.54, 1.807) is 55.3 Å². The van der Waals surface area contributed by atoms with Gasteiger partial charge in [0.05, 0.1) is 29.6 Å². The standard InChI is InChI=1S/C23H20N6O3S2/c30-21-17(13-18-22(31)29(23(33)34-18)14-16-5-3-12-32-16)20(26-19-6-1-2-10-28(19)21)25-7-4-9-27-11-8-24-15-27/h1-3,5-6,8,10-13,15,25H,4,7,9,14H2/b18-13-. The van der Waals surface area contributed by atoms with Crippen LogP contribution in [0.3, 0.4) is 0 Å². The van der Waals surface area contributed by atoms with Crippen molar-refractivity contribution in [3.63, 3.8) is 0 Å². The average molecular weight is 493 g/mol. The third kappa shape index (κ3) is 4.52. The lowest BCUT2D eigenvalue weighted by molar-refractivity contribution is -0.122. The van der Waals surface area contributed by atoms with Gasteiger partial charge in [-0.1, -0.05) is 30.0 Å². The zero-order valence-electron chi connectivity index (χ0n) is 18.0. The number of rotatable bonds is 8. The van der Waals surface area contributed by atoms with E-state index in [2.05, 4.69) is 15.3 Å². The molecule has 1 aliphatic heterocycles. The molecule has 1 N–H and O–H groups in total. The summed E-state index contributed by atoms with van der Waals surface area (Å²) in [7, 11) is 0. The lowest BCUT2D eigenvalue weighted by Gasteiger charge is -2.12. The highest BCUT2D eigenvalue weighted by atomic mass is 32.2. The number of aryl methyl sites for hydroxylation is 1. The predicted octanol–water partition coefficient (Wildman–Crippen LogP) is 3.39. The molecule has 5 heterocycles. The molecule has 1 fully saturated rings. The first-order valence-electron chi connectivity index (χ1n) is 10.6.